The van der Waals surface area contributed by atoms with Gasteiger partial charge in [0.1, 0.15) is 6.40 Å². The molecule has 9 heavy (non-hydrogen) atoms. The summed E-state index contributed by atoms with van der Waals surface area (Å²) in [7, 11) is -2.24. The quantitative estimate of drug-likeness (QED) is 0.398. The Morgan fingerprint density at radius 3 is 2.78 bits per heavy atom. The fraction of sp³-hybridized carbons (Fsp3) is 0.750. The van der Waals surface area contributed by atoms with Crippen LogP contribution in [0.2, 0.25) is 1.41 Å². The van der Waals surface area contributed by atoms with Gasteiger partial charge in [-0.1, -0.05) is 0 Å². The molecule has 4 nitrogen and oxygen atoms in total. The third kappa shape index (κ3) is 1.78. The minimum Gasteiger partial charge on any atom is -0.309 e. The Morgan fingerprint density at radius 1 is 1.56 bits per heavy atom. The first-order chi connectivity index (χ1) is 4.72. The second-order valence-electron chi connectivity index (χ2n) is 1.69. The molecule has 0 bridgehead atoms. The molecule has 0 spiro atoms. The van der Waals surface area contributed by atoms with Crippen molar-refractivity contribution < 1.29 is 9.83 Å². The molecule has 2 N–H and O–H groups in total. The van der Waals surface area contributed by atoms with Crippen molar-refractivity contribution in [2.45, 2.75) is 0 Å². The van der Waals surface area contributed by atoms with Crippen molar-refractivity contribution >= 4 is 15.3 Å². The highest BCUT2D eigenvalue weighted by Crippen LogP contribution is 1.72. The predicted molar refractivity (Wildman–Crippen MR) is 34.8 cm³/mol. The largest absolute Gasteiger partial charge is 0.309 e. The molecule has 1 saturated heterocycles. The van der Waals surface area contributed by atoms with Crippen molar-refractivity contribution in [1.29, 1.82) is 0 Å². The average Bonchev–Trinajstić information content (AvgIpc) is 1.88. The minimum atomic E-state index is -2.24. The molecule has 0 unspecified atom stereocenters. The first-order valence-corrected chi connectivity index (χ1v) is 3.71. The van der Waals surface area contributed by atoms with Crippen molar-refractivity contribution in [3.63, 3.8) is 0 Å². The molecule has 52 valence electrons. The number of piperazine rings is 1. The average molecular weight is 149 g/mol. The fourth-order valence-corrected chi connectivity index (χ4v) is 1.04. The molecule has 1 heterocycles. The summed E-state index contributed by atoms with van der Waals surface area (Å²) in [6.45, 7) is 1.38. The summed E-state index contributed by atoms with van der Waals surface area (Å²) < 4.78 is 27.8. The van der Waals surface area contributed by atoms with E-state index < -0.39 is 10.3 Å². The smallest absolute Gasteiger partial charge is 0.229 e. The molecule has 1 aliphatic heterocycles. The Morgan fingerprint density at radius 2 is 2.33 bits per heavy atom. The van der Waals surface area contributed by atoms with E-state index >= 15 is 0 Å². The first kappa shape index (κ1) is 5.40. The van der Waals surface area contributed by atoms with Crippen LogP contribution in [0.25, 0.3) is 0 Å². The lowest BCUT2D eigenvalue weighted by Gasteiger charge is -2.12. The van der Waals surface area contributed by atoms with Gasteiger partial charge in [0.2, 0.25) is 10.3 Å². The lowest BCUT2D eigenvalue weighted by molar-refractivity contribution is 0.622. The third-order valence-electron chi connectivity index (χ3n) is 1.05. The maximum absolute atomic E-state index is 10.3. The molecule has 0 amide bonds. The van der Waals surface area contributed by atoms with Crippen LogP contribution < -0.4 is 10.6 Å². The Kier molecular flexibility index (Phi) is 1.77. The number of nitrogens with one attached hydrogen (secondary N) is 2. The zero-order chi connectivity index (χ0) is 7.56. The molecule has 0 aromatic rings. The Bertz CT molecular complexity index is 240. The van der Waals surface area contributed by atoms with Crippen molar-refractivity contribution in [2.75, 3.05) is 19.6 Å². The summed E-state index contributed by atoms with van der Waals surface area (Å²) in [5, 5.41) is 3.85. The van der Waals surface area contributed by atoms with Crippen molar-refractivity contribution in [1.82, 2.24) is 10.6 Å². The molecule has 1 rings (SSSR count). The molecule has 0 aromatic heterocycles. The normalized spacial score (nSPS) is 23.6. The van der Waals surface area contributed by atoms with E-state index in [1.807, 2.05) is 0 Å². The van der Waals surface area contributed by atoms with Gasteiger partial charge in [0.15, 0.2) is 0 Å². The van der Waals surface area contributed by atoms with Crippen LogP contribution in [0, 0.1) is 0 Å². The summed E-state index contributed by atoms with van der Waals surface area (Å²) in [5.41, 5.74) is 0. The third-order valence-corrected chi connectivity index (χ3v) is 1.70. The highest BCUT2D eigenvalue weighted by Gasteiger charge is 2.04. The Balaban J connectivity index is 2.86. The first-order valence-electron chi connectivity index (χ1n) is 3.09. The van der Waals surface area contributed by atoms with Crippen LogP contribution >= 0.6 is 0 Å². The summed E-state index contributed by atoms with van der Waals surface area (Å²) in [5.74, 6) is 0. The second kappa shape index (κ2) is 2.95. The van der Waals surface area contributed by atoms with E-state index in [1.54, 1.807) is 0 Å². The lowest BCUT2D eigenvalue weighted by atomic mass is 10.4. The molecule has 1 fully saturated rings. The number of hydrogen-bond donors (Lipinski definition) is 2. The fourth-order valence-electron chi connectivity index (χ4n) is 0.623. The lowest BCUT2D eigenvalue weighted by Crippen LogP contribution is -2.45. The van der Waals surface area contributed by atoms with Crippen molar-refractivity contribution in [2.24, 2.45) is 0 Å². The van der Waals surface area contributed by atoms with Crippen LogP contribution in [-0.2, 0) is 10.3 Å². The topological polar surface area (TPSA) is 58.2 Å². The predicted octanol–water partition coefficient (Wildman–Crippen LogP) is -1.81. The molecule has 0 radical (unpaired) electrons. The highest BCUT2D eigenvalue weighted by atomic mass is 32.2. The van der Waals surface area contributed by atoms with E-state index in [2.05, 4.69) is 5.32 Å². The van der Waals surface area contributed by atoms with Gasteiger partial charge in [0.05, 0.1) is 0 Å². The zero-order valence-corrected chi connectivity index (χ0v) is 5.61. The molecule has 0 aliphatic carbocycles. The van der Waals surface area contributed by atoms with E-state index in [4.69, 9.17) is 1.41 Å². The standard InChI is InChI=1S/C4H8N2O2S/c7-9(8)4-3-5-1-2-6-4/h5-6H,1-3H2/i/hD. The van der Waals surface area contributed by atoms with E-state index in [1.165, 1.54) is 0 Å². The van der Waals surface area contributed by atoms with Gasteiger partial charge in [-0.05, 0) is 0 Å². The minimum absolute atomic E-state index is 0.117. The Labute approximate surface area is 56.3 Å². The van der Waals surface area contributed by atoms with E-state index in [0.717, 1.165) is 5.31 Å². The second-order valence-corrected chi connectivity index (χ2v) is 2.63. The van der Waals surface area contributed by atoms with Crippen LogP contribution in [0.1, 0.15) is 0 Å². The molecule has 0 saturated carbocycles. The van der Waals surface area contributed by atoms with Crippen LogP contribution in [0.3, 0.4) is 0 Å². The van der Waals surface area contributed by atoms with Gasteiger partial charge >= 0.3 is 0 Å². The molecule has 5 heteroatoms. The summed E-state index contributed by atoms with van der Waals surface area (Å²) >= 11 is 0. The van der Waals surface area contributed by atoms with Crippen LogP contribution in [0.5, 0.6) is 0 Å². The van der Waals surface area contributed by atoms with Gasteiger partial charge in [0.25, 0.3) is 0 Å². The van der Waals surface area contributed by atoms with E-state index in [9.17, 15) is 8.42 Å². The number of hydrogen-bond acceptors (Lipinski definition) is 3. The SMILES string of the molecule is [2H]N1CCNCC1=S(=O)=O. The summed E-state index contributed by atoms with van der Waals surface area (Å²) in [6, 6.07) is 0. The zero-order valence-electron chi connectivity index (χ0n) is 5.79. The van der Waals surface area contributed by atoms with Crippen molar-refractivity contribution in [3.05, 3.63) is 0 Å². The molecular formula is C4H8N2O2S. The van der Waals surface area contributed by atoms with Gasteiger partial charge < -0.3 is 5.32 Å². The van der Waals surface area contributed by atoms with E-state index in [0.29, 0.717) is 13.1 Å². The maximum Gasteiger partial charge on any atom is 0.229 e. The molecule has 0 atom stereocenters. The Hall–Kier alpha value is -0.390. The van der Waals surface area contributed by atoms with Crippen LogP contribution in [0.15, 0.2) is 0 Å². The van der Waals surface area contributed by atoms with Crippen LogP contribution in [-0.4, -0.2) is 33.0 Å². The van der Waals surface area contributed by atoms with Gasteiger partial charge in [-0.15, -0.1) is 0 Å². The van der Waals surface area contributed by atoms with Gasteiger partial charge in [-0.2, -0.15) is 8.42 Å². The van der Waals surface area contributed by atoms with Gasteiger partial charge in [0, 0.05) is 19.6 Å². The maximum atomic E-state index is 10.3. The molecule has 1 aliphatic rings. The monoisotopic (exact) mass is 149 g/mol. The molecule has 0 aromatic carbocycles. The van der Waals surface area contributed by atoms with Gasteiger partial charge in [-0.3, -0.25) is 5.31 Å². The van der Waals surface area contributed by atoms with Crippen LogP contribution in [0.4, 0.5) is 0 Å². The number of rotatable bonds is 0. The molecular weight excluding hydrogens is 140 g/mol. The van der Waals surface area contributed by atoms with Gasteiger partial charge in [-0.25, -0.2) is 0 Å². The van der Waals surface area contributed by atoms with E-state index in [-0.39, 0.29) is 11.5 Å². The summed E-state index contributed by atoms with van der Waals surface area (Å²) in [6.07, 6.45) is 0. The summed E-state index contributed by atoms with van der Waals surface area (Å²) in [4.78, 5) is 0.117. The highest BCUT2D eigenvalue weighted by molar-refractivity contribution is 7.72. The van der Waals surface area contributed by atoms with Crippen molar-refractivity contribution in [3.8, 4) is 0 Å².